The summed E-state index contributed by atoms with van der Waals surface area (Å²) in [6.45, 7) is 1.76. The first-order chi connectivity index (χ1) is 11.5. The number of ether oxygens (including phenoxy) is 1. The lowest BCUT2D eigenvalue weighted by atomic mass is 9.75. The summed E-state index contributed by atoms with van der Waals surface area (Å²) in [5, 5.41) is 14.4. The van der Waals surface area contributed by atoms with Crippen molar-refractivity contribution >= 4 is 28.3 Å². The Morgan fingerprint density at radius 2 is 1.92 bits per heavy atom. The van der Waals surface area contributed by atoms with Crippen LogP contribution in [0.1, 0.15) is 6.92 Å². The Bertz CT molecular complexity index is 869. The van der Waals surface area contributed by atoms with Gasteiger partial charge in [0.1, 0.15) is 5.92 Å². The molecule has 2 aromatic carbocycles. The van der Waals surface area contributed by atoms with Crippen LogP contribution in [0.3, 0.4) is 0 Å². The number of hydrogen-bond donors (Lipinski definition) is 2. The molecule has 2 heterocycles. The second-order valence-corrected chi connectivity index (χ2v) is 6.48. The molecule has 0 spiro atoms. The molecule has 2 bridgehead atoms. The normalized spacial score (nSPS) is 30.6. The minimum Gasteiger partial charge on any atom is -0.481 e. The van der Waals surface area contributed by atoms with Gasteiger partial charge in [-0.15, -0.1) is 0 Å². The van der Waals surface area contributed by atoms with E-state index in [1.165, 1.54) is 0 Å². The molecule has 0 aromatic heterocycles. The minimum absolute atomic E-state index is 0.326. The fourth-order valence-corrected chi connectivity index (χ4v) is 3.83. The van der Waals surface area contributed by atoms with E-state index in [2.05, 4.69) is 5.32 Å². The van der Waals surface area contributed by atoms with Gasteiger partial charge in [0.15, 0.2) is 0 Å². The summed E-state index contributed by atoms with van der Waals surface area (Å²) in [7, 11) is 0. The first kappa shape index (κ1) is 14.9. The van der Waals surface area contributed by atoms with Crippen molar-refractivity contribution < 1.29 is 19.4 Å². The van der Waals surface area contributed by atoms with E-state index in [-0.39, 0.29) is 5.91 Å². The van der Waals surface area contributed by atoms with E-state index in [0.717, 1.165) is 10.8 Å². The van der Waals surface area contributed by atoms with Crippen LogP contribution in [0.15, 0.2) is 54.6 Å². The number of carboxylic acids is 1. The maximum Gasteiger partial charge on any atom is 0.310 e. The third-order valence-electron chi connectivity index (χ3n) is 4.95. The van der Waals surface area contributed by atoms with E-state index < -0.39 is 29.5 Å². The molecule has 0 unspecified atom stereocenters. The Morgan fingerprint density at radius 1 is 1.17 bits per heavy atom. The second-order valence-electron chi connectivity index (χ2n) is 6.48. The van der Waals surface area contributed by atoms with E-state index in [1.807, 2.05) is 42.5 Å². The Labute approximate surface area is 138 Å². The van der Waals surface area contributed by atoms with Gasteiger partial charge in [-0.05, 0) is 18.4 Å². The summed E-state index contributed by atoms with van der Waals surface area (Å²) >= 11 is 0. The molecular weight excluding hydrogens is 306 g/mol. The van der Waals surface area contributed by atoms with Gasteiger partial charge in [0, 0.05) is 11.1 Å². The minimum atomic E-state index is -1.01. The summed E-state index contributed by atoms with van der Waals surface area (Å²) in [6.07, 6.45) is 2.99. The van der Waals surface area contributed by atoms with Gasteiger partial charge in [-0.1, -0.05) is 48.6 Å². The number of rotatable bonds is 3. The molecule has 1 amide bonds. The van der Waals surface area contributed by atoms with Crippen LogP contribution in [0.2, 0.25) is 0 Å². The van der Waals surface area contributed by atoms with Crippen molar-refractivity contribution in [3.8, 4) is 0 Å². The third kappa shape index (κ3) is 2.12. The highest BCUT2D eigenvalue weighted by atomic mass is 16.5. The number of amides is 1. The van der Waals surface area contributed by atoms with Crippen LogP contribution in [-0.2, 0) is 14.3 Å². The number of nitrogens with one attached hydrogen (secondary N) is 1. The van der Waals surface area contributed by atoms with Gasteiger partial charge in [-0.2, -0.15) is 0 Å². The predicted molar refractivity (Wildman–Crippen MR) is 89.6 cm³/mol. The van der Waals surface area contributed by atoms with Gasteiger partial charge in [-0.3, -0.25) is 9.59 Å². The second kappa shape index (κ2) is 5.18. The summed E-state index contributed by atoms with van der Waals surface area (Å²) in [4.78, 5) is 24.5. The average Bonchev–Trinajstić information content (AvgIpc) is 3.08. The number of anilines is 1. The van der Waals surface area contributed by atoms with Gasteiger partial charge in [-0.25, -0.2) is 0 Å². The molecule has 0 saturated carbocycles. The zero-order chi connectivity index (χ0) is 16.9. The van der Waals surface area contributed by atoms with Gasteiger partial charge in [0.05, 0.1) is 17.6 Å². The first-order valence-corrected chi connectivity index (χ1v) is 7.88. The van der Waals surface area contributed by atoms with Gasteiger partial charge >= 0.3 is 5.97 Å². The number of fused-ring (bicyclic) bond motifs is 3. The Morgan fingerprint density at radius 3 is 2.71 bits per heavy atom. The van der Waals surface area contributed by atoms with Crippen LogP contribution in [0, 0.1) is 11.8 Å². The van der Waals surface area contributed by atoms with Gasteiger partial charge < -0.3 is 15.2 Å². The van der Waals surface area contributed by atoms with E-state index in [1.54, 1.807) is 19.1 Å². The molecule has 2 aliphatic rings. The fourth-order valence-electron chi connectivity index (χ4n) is 3.83. The Balaban J connectivity index is 1.68. The number of benzene rings is 2. The smallest absolute Gasteiger partial charge is 0.310 e. The van der Waals surface area contributed by atoms with Crippen molar-refractivity contribution in [3.05, 3.63) is 54.6 Å². The number of hydrogen-bond acceptors (Lipinski definition) is 3. The molecule has 5 nitrogen and oxygen atoms in total. The number of carbonyl (C=O) groups is 2. The molecule has 24 heavy (non-hydrogen) atoms. The zero-order valence-corrected chi connectivity index (χ0v) is 13.1. The highest BCUT2D eigenvalue weighted by Crippen LogP contribution is 2.47. The highest BCUT2D eigenvalue weighted by Gasteiger charge is 2.59. The summed E-state index contributed by atoms with van der Waals surface area (Å²) in [5.74, 6) is -2.96. The lowest BCUT2D eigenvalue weighted by Gasteiger charge is -2.28. The molecule has 2 aliphatic heterocycles. The molecule has 2 aromatic rings. The highest BCUT2D eigenvalue weighted by molar-refractivity contribution is 6.04. The monoisotopic (exact) mass is 323 g/mol. The summed E-state index contributed by atoms with van der Waals surface area (Å²) in [5.41, 5.74) is -0.194. The van der Waals surface area contributed by atoms with Crippen molar-refractivity contribution in [2.45, 2.75) is 18.6 Å². The number of aliphatic carboxylic acids is 1. The average molecular weight is 323 g/mol. The molecule has 5 heteroatoms. The molecular formula is C19H17NO4. The number of carboxylic acid groups (broad SMARTS) is 1. The number of carbonyl (C=O) groups excluding carboxylic acids is 1. The predicted octanol–water partition coefficient (Wildman–Crippen LogP) is 2.82. The van der Waals surface area contributed by atoms with Gasteiger partial charge in [0.25, 0.3) is 0 Å². The molecule has 122 valence electrons. The maximum atomic E-state index is 12.9. The van der Waals surface area contributed by atoms with Crippen molar-refractivity contribution in [1.82, 2.24) is 0 Å². The van der Waals surface area contributed by atoms with E-state index in [9.17, 15) is 14.7 Å². The molecule has 2 N–H and O–H groups in total. The molecule has 0 aliphatic carbocycles. The Kier molecular flexibility index (Phi) is 3.21. The molecule has 4 rings (SSSR count). The van der Waals surface area contributed by atoms with Crippen molar-refractivity contribution in [3.63, 3.8) is 0 Å². The quantitative estimate of drug-likeness (QED) is 0.852. The largest absolute Gasteiger partial charge is 0.481 e. The standard InChI is InChI=1S/C19H17NO4/c1-19-10-9-14(24-19)15(18(22)23)16(19)17(21)20-13-8-4-6-11-5-2-3-7-12(11)13/h2-10,14-16H,1H3,(H,20,21)(H,22,23)/t14-,15-,16-,19+/m1/s1. The van der Waals surface area contributed by atoms with Crippen LogP contribution in [0.25, 0.3) is 10.8 Å². The van der Waals surface area contributed by atoms with Crippen LogP contribution < -0.4 is 5.32 Å². The Hall–Kier alpha value is -2.66. The summed E-state index contributed by atoms with van der Waals surface area (Å²) in [6, 6.07) is 13.4. The third-order valence-corrected chi connectivity index (χ3v) is 4.95. The molecule has 1 saturated heterocycles. The molecule has 0 radical (unpaired) electrons. The van der Waals surface area contributed by atoms with Crippen LogP contribution >= 0.6 is 0 Å². The first-order valence-electron chi connectivity index (χ1n) is 7.88. The van der Waals surface area contributed by atoms with Crippen LogP contribution in [-0.4, -0.2) is 28.7 Å². The topological polar surface area (TPSA) is 75.6 Å². The lowest BCUT2D eigenvalue weighted by Crippen LogP contribution is -2.44. The van der Waals surface area contributed by atoms with E-state index >= 15 is 0 Å². The summed E-state index contributed by atoms with van der Waals surface area (Å²) < 4.78 is 5.74. The maximum absolute atomic E-state index is 12.9. The van der Waals surface area contributed by atoms with Crippen molar-refractivity contribution in [2.24, 2.45) is 11.8 Å². The van der Waals surface area contributed by atoms with Crippen molar-refractivity contribution in [2.75, 3.05) is 5.32 Å². The SMILES string of the molecule is C[C@@]12C=C[C@@H](O1)[C@@H](C(=O)O)[C@@H]2C(=O)Nc1cccc2ccccc12. The van der Waals surface area contributed by atoms with E-state index in [4.69, 9.17) is 4.74 Å². The van der Waals surface area contributed by atoms with Crippen molar-refractivity contribution in [1.29, 1.82) is 0 Å². The van der Waals surface area contributed by atoms with Crippen LogP contribution in [0.5, 0.6) is 0 Å². The fraction of sp³-hybridized carbons (Fsp3) is 0.263. The van der Waals surface area contributed by atoms with Gasteiger partial charge in [0.2, 0.25) is 5.91 Å². The van der Waals surface area contributed by atoms with E-state index in [0.29, 0.717) is 5.69 Å². The zero-order valence-electron chi connectivity index (χ0n) is 13.1. The molecule has 1 fully saturated rings. The van der Waals surface area contributed by atoms with Crippen LogP contribution in [0.4, 0.5) is 5.69 Å². The molecule has 4 atom stereocenters. The lowest BCUT2D eigenvalue weighted by molar-refractivity contribution is -0.146.